The van der Waals surface area contributed by atoms with Gasteiger partial charge in [-0.25, -0.2) is 4.79 Å². The lowest BCUT2D eigenvalue weighted by molar-refractivity contribution is 0.153. The highest BCUT2D eigenvalue weighted by Crippen LogP contribution is 2.38. The van der Waals surface area contributed by atoms with Crippen LogP contribution in [-0.4, -0.2) is 6.16 Å². The summed E-state index contributed by atoms with van der Waals surface area (Å²) in [6.45, 7) is 4.06. The zero-order valence-electron chi connectivity index (χ0n) is 14.7. The van der Waals surface area contributed by atoms with Crippen LogP contribution in [0, 0.1) is 13.8 Å². The van der Waals surface area contributed by atoms with Crippen molar-refractivity contribution in [3.05, 3.63) is 83.9 Å². The maximum absolute atomic E-state index is 12.4. The van der Waals surface area contributed by atoms with Gasteiger partial charge in [0.05, 0.1) is 0 Å². The predicted molar refractivity (Wildman–Crippen MR) is 104 cm³/mol. The first kappa shape index (κ1) is 16.2. The van der Waals surface area contributed by atoms with Crippen LogP contribution in [0.4, 0.5) is 4.79 Å². The molecule has 4 rings (SSSR count). The van der Waals surface area contributed by atoms with E-state index in [-0.39, 0.29) is 0 Å². The van der Waals surface area contributed by atoms with Gasteiger partial charge in [-0.1, -0.05) is 54.6 Å². The highest BCUT2D eigenvalue weighted by Gasteiger charge is 2.16. The first-order valence-corrected chi connectivity index (χ1v) is 8.50. The molecule has 0 aliphatic carbocycles. The average Bonchev–Trinajstić information content (AvgIpc) is 2.63. The molecule has 128 valence electrons. The normalized spacial score (nSPS) is 10.8. The zero-order chi connectivity index (χ0) is 18.1. The molecule has 0 bridgehead atoms. The van der Waals surface area contributed by atoms with Crippen molar-refractivity contribution >= 4 is 27.7 Å². The van der Waals surface area contributed by atoms with Crippen LogP contribution < -0.4 is 9.47 Å². The Morgan fingerprint density at radius 3 is 2.27 bits per heavy atom. The summed E-state index contributed by atoms with van der Waals surface area (Å²) in [5.74, 6) is 0.996. The maximum Gasteiger partial charge on any atom is 0.519 e. The molecule has 3 heteroatoms. The lowest BCUT2D eigenvalue weighted by Crippen LogP contribution is -2.14. The van der Waals surface area contributed by atoms with E-state index in [1.807, 2.05) is 55.5 Å². The van der Waals surface area contributed by atoms with Gasteiger partial charge in [-0.15, -0.1) is 0 Å². The number of aryl methyl sites for hydroxylation is 2. The largest absolute Gasteiger partial charge is 0.519 e. The molecule has 0 saturated heterocycles. The van der Waals surface area contributed by atoms with Gasteiger partial charge in [0.15, 0.2) is 0 Å². The summed E-state index contributed by atoms with van der Waals surface area (Å²) in [6, 6.07) is 23.1. The molecule has 0 amide bonds. The Hall–Kier alpha value is -3.33. The third-order valence-corrected chi connectivity index (χ3v) is 4.53. The van der Waals surface area contributed by atoms with Gasteiger partial charge in [-0.2, -0.15) is 0 Å². The Morgan fingerprint density at radius 1 is 0.731 bits per heavy atom. The number of hydrogen-bond donors (Lipinski definition) is 0. The molecule has 0 aliphatic rings. The van der Waals surface area contributed by atoms with Crippen LogP contribution in [0.5, 0.6) is 11.5 Å². The highest BCUT2D eigenvalue weighted by molar-refractivity contribution is 6.08. The van der Waals surface area contributed by atoms with Gasteiger partial charge in [0.25, 0.3) is 0 Å². The van der Waals surface area contributed by atoms with Crippen LogP contribution in [0.15, 0.2) is 72.8 Å². The van der Waals surface area contributed by atoms with Crippen LogP contribution in [0.2, 0.25) is 0 Å². The molecule has 0 aromatic heterocycles. The van der Waals surface area contributed by atoms with Crippen molar-refractivity contribution in [2.45, 2.75) is 13.8 Å². The molecule has 0 aliphatic heterocycles. The Balaban J connectivity index is 1.86. The molecule has 0 heterocycles. The van der Waals surface area contributed by atoms with E-state index in [1.54, 1.807) is 12.1 Å². The molecule has 3 nitrogen and oxygen atoms in total. The van der Waals surface area contributed by atoms with Gasteiger partial charge in [-0.3, -0.25) is 0 Å². The van der Waals surface area contributed by atoms with E-state index in [4.69, 9.17) is 9.47 Å². The van der Waals surface area contributed by atoms with Crippen LogP contribution in [-0.2, 0) is 0 Å². The van der Waals surface area contributed by atoms with Gasteiger partial charge in [-0.05, 0) is 53.9 Å². The molecule has 26 heavy (non-hydrogen) atoms. The Kier molecular flexibility index (Phi) is 4.05. The fourth-order valence-electron chi connectivity index (χ4n) is 3.28. The summed E-state index contributed by atoms with van der Waals surface area (Å²) in [6.07, 6.45) is -0.741. The minimum Gasteiger partial charge on any atom is -0.395 e. The summed E-state index contributed by atoms with van der Waals surface area (Å²) < 4.78 is 11.0. The average molecular weight is 342 g/mol. The van der Waals surface area contributed by atoms with Gasteiger partial charge >= 0.3 is 6.16 Å². The maximum atomic E-state index is 12.4. The topological polar surface area (TPSA) is 35.5 Å². The lowest BCUT2D eigenvalue weighted by atomic mass is 9.96. The zero-order valence-corrected chi connectivity index (χ0v) is 14.7. The molecular formula is C23H18O3. The second kappa shape index (κ2) is 6.52. The van der Waals surface area contributed by atoms with E-state index < -0.39 is 6.16 Å². The SMILES string of the molecule is Cc1cccc2c(OC(=O)Oc3ccccc3)c3c(C)cccc3cc12. The molecule has 0 saturated carbocycles. The fraction of sp³-hybridized carbons (Fsp3) is 0.0870. The summed E-state index contributed by atoms with van der Waals surface area (Å²) in [4.78, 5) is 12.4. The van der Waals surface area contributed by atoms with Crippen molar-refractivity contribution in [2.75, 3.05) is 0 Å². The summed E-state index contributed by atoms with van der Waals surface area (Å²) in [7, 11) is 0. The number of fused-ring (bicyclic) bond motifs is 2. The Labute approximate surface area is 151 Å². The van der Waals surface area contributed by atoms with Crippen molar-refractivity contribution in [2.24, 2.45) is 0 Å². The third-order valence-electron chi connectivity index (χ3n) is 4.53. The molecule has 4 aromatic carbocycles. The summed E-state index contributed by atoms with van der Waals surface area (Å²) in [5, 5.41) is 3.93. The Morgan fingerprint density at radius 2 is 1.46 bits per heavy atom. The van der Waals surface area contributed by atoms with Gasteiger partial charge in [0.2, 0.25) is 0 Å². The fourth-order valence-corrected chi connectivity index (χ4v) is 3.28. The number of benzene rings is 4. The summed E-state index contributed by atoms with van der Waals surface area (Å²) >= 11 is 0. The smallest absolute Gasteiger partial charge is 0.395 e. The molecule has 0 spiro atoms. The van der Waals surface area contributed by atoms with Gasteiger partial charge in [0, 0.05) is 10.8 Å². The van der Waals surface area contributed by atoms with Crippen molar-refractivity contribution in [3.63, 3.8) is 0 Å². The van der Waals surface area contributed by atoms with E-state index in [0.717, 1.165) is 32.7 Å². The minimum atomic E-state index is -0.741. The Bertz CT molecular complexity index is 1110. The molecule has 0 radical (unpaired) electrons. The van der Waals surface area contributed by atoms with Crippen LogP contribution in [0.25, 0.3) is 21.5 Å². The number of rotatable bonds is 2. The number of hydrogen-bond acceptors (Lipinski definition) is 3. The highest BCUT2D eigenvalue weighted by atomic mass is 16.7. The molecule has 4 aromatic rings. The predicted octanol–water partition coefficient (Wildman–Crippen LogP) is 6.19. The molecule has 0 fully saturated rings. The number of para-hydroxylation sites is 1. The second-order valence-electron chi connectivity index (χ2n) is 6.32. The van der Waals surface area contributed by atoms with E-state index in [1.165, 1.54) is 0 Å². The van der Waals surface area contributed by atoms with Crippen molar-refractivity contribution in [3.8, 4) is 11.5 Å². The van der Waals surface area contributed by atoms with Gasteiger partial charge < -0.3 is 9.47 Å². The van der Waals surface area contributed by atoms with Crippen LogP contribution in [0.3, 0.4) is 0 Å². The van der Waals surface area contributed by atoms with Crippen LogP contribution in [0.1, 0.15) is 11.1 Å². The molecular weight excluding hydrogens is 324 g/mol. The first-order chi connectivity index (χ1) is 12.6. The minimum absolute atomic E-state index is 0.454. The number of ether oxygens (including phenoxy) is 2. The second-order valence-corrected chi connectivity index (χ2v) is 6.32. The lowest BCUT2D eigenvalue weighted by Gasteiger charge is -2.14. The molecule has 0 atom stereocenters. The standard InChI is InChI=1S/C23H18O3/c1-15-8-7-13-19-20(15)14-17-10-6-9-16(2)21(17)22(19)26-23(24)25-18-11-4-3-5-12-18/h3-14H,1-2H3. The van der Waals surface area contributed by atoms with E-state index in [0.29, 0.717) is 11.5 Å². The van der Waals surface area contributed by atoms with Crippen molar-refractivity contribution in [1.29, 1.82) is 0 Å². The molecule has 0 N–H and O–H groups in total. The van der Waals surface area contributed by atoms with Crippen molar-refractivity contribution < 1.29 is 14.3 Å². The molecule has 0 unspecified atom stereocenters. The quantitative estimate of drug-likeness (QED) is 0.248. The van der Waals surface area contributed by atoms with Gasteiger partial charge in [0.1, 0.15) is 11.5 Å². The first-order valence-electron chi connectivity index (χ1n) is 8.50. The number of carbonyl (C=O) groups excluding carboxylic acids is 1. The third kappa shape index (κ3) is 2.88. The van der Waals surface area contributed by atoms with E-state index in [2.05, 4.69) is 19.1 Å². The monoisotopic (exact) mass is 342 g/mol. The van der Waals surface area contributed by atoms with E-state index >= 15 is 0 Å². The summed E-state index contributed by atoms with van der Waals surface area (Å²) in [5.41, 5.74) is 2.18. The van der Waals surface area contributed by atoms with Crippen molar-refractivity contribution in [1.82, 2.24) is 0 Å². The van der Waals surface area contributed by atoms with E-state index in [9.17, 15) is 4.79 Å². The number of carbonyl (C=O) groups is 1. The van der Waals surface area contributed by atoms with Crippen LogP contribution >= 0.6 is 0 Å².